The first-order valence-electron chi connectivity index (χ1n) is 6.54. The first-order valence-corrected chi connectivity index (χ1v) is 6.54. The van der Waals surface area contributed by atoms with Crippen LogP contribution in [0.4, 0.5) is 5.69 Å². The fourth-order valence-corrected chi connectivity index (χ4v) is 2.26. The third kappa shape index (κ3) is 3.66. The normalized spacial score (nSPS) is 11.9. The Labute approximate surface area is 122 Å². The van der Waals surface area contributed by atoms with E-state index in [1.165, 1.54) is 18.2 Å². The van der Waals surface area contributed by atoms with Crippen LogP contribution < -0.4 is 4.90 Å². The summed E-state index contributed by atoms with van der Waals surface area (Å²) in [7, 11) is 0. The van der Waals surface area contributed by atoms with Gasteiger partial charge in [-0.25, -0.2) is 0 Å². The summed E-state index contributed by atoms with van der Waals surface area (Å²) in [6.45, 7) is 1.64. The van der Waals surface area contributed by atoms with Crippen molar-refractivity contribution in [3.8, 4) is 11.5 Å². The molecule has 2 aromatic carbocycles. The Bertz CT molecular complexity index is 607. The number of phenols is 2. The lowest BCUT2D eigenvalue weighted by Crippen LogP contribution is -2.32. The highest BCUT2D eigenvalue weighted by molar-refractivity contribution is 5.74. The number of hydrogen-bond acceptors (Lipinski definition) is 4. The lowest BCUT2D eigenvalue weighted by Gasteiger charge is -2.30. The van der Waals surface area contributed by atoms with Crippen molar-refractivity contribution in [3.05, 3.63) is 54.1 Å². The molecule has 0 aliphatic rings. The Morgan fingerprint density at radius 1 is 1.10 bits per heavy atom. The van der Waals surface area contributed by atoms with E-state index in [4.69, 9.17) is 5.11 Å². The zero-order chi connectivity index (χ0) is 15.4. The fourth-order valence-electron chi connectivity index (χ4n) is 2.26. The van der Waals surface area contributed by atoms with Crippen molar-refractivity contribution in [2.45, 2.75) is 13.0 Å². The van der Waals surface area contributed by atoms with Gasteiger partial charge in [0.15, 0.2) is 0 Å². The fraction of sp³-hybridized carbons (Fsp3) is 0.188. The van der Waals surface area contributed by atoms with Gasteiger partial charge in [0.2, 0.25) is 0 Å². The monoisotopic (exact) mass is 287 g/mol. The molecule has 5 nitrogen and oxygen atoms in total. The second kappa shape index (κ2) is 6.17. The summed E-state index contributed by atoms with van der Waals surface area (Å²) >= 11 is 0. The van der Waals surface area contributed by atoms with Gasteiger partial charge in [-0.2, -0.15) is 0 Å². The number of para-hydroxylation sites is 1. The van der Waals surface area contributed by atoms with Gasteiger partial charge >= 0.3 is 5.97 Å². The van der Waals surface area contributed by atoms with Gasteiger partial charge in [0.25, 0.3) is 0 Å². The van der Waals surface area contributed by atoms with Gasteiger partial charge in [-0.1, -0.05) is 18.2 Å². The summed E-state index contributed by atoms with van der Waals surface area (Å²) < 4.78 is 0. The highest BCUT2D eigenvalue weighted by Gasteiger charge is 2.20. The molecule has 0 aliphatic heterocycles. The average molecular weight is 287 g/mol. The smallest absolute Gasteiger partial charge is 0.323 e. The zero-order valence-electron chi connectivity index (χ0n) is 11.6. The largest absolute Gasteiger partial charge is 0.508 e. The molecule has 0 aliphatic carbocycles. The molecule has 3 N–H and O–H groups in total. The van der Waals surface area contributed by atoms with E-state index in [1.54, 1.807) is 4.90 Å². The molecule has 0 amide bonds. The van der Waals surface area contributed by atoms with E-state index in [2.05, 4.69) is 0 Å². The first kappa shape index (κ1) is 14.7. The predicted octanol–water partition coefficient (Wildman–Crippen LogP) is 2.75. The maximum atomic E-state index is 11.1. The molecule has 5 heteroatoms. The average Bonchev–Trinajstić information content (AvgIpc) is 2.44. The van der Waals surface area contributed by atoms with Crippen LogP contribution in [0, 0.1) is 0 Å². The van der Waals surface area contributed by atoms with Gasteiger partial charge in [-0.05, 0) is 36.8 Å². The Hall–Kier alpha value is -2.69. The van der Waals surface area contributed by atoms with Gasteiger partial charge in [0.1, 0.15) is 18.0 Å². The van der Waals surface area contributed by atoms with E-state index in [9.17, 15) is 15.0 Å². The highest BCUT2D eigenvalue weighted by atomic mass is 16.4. The summed E-state index contributed by atoms with van der Waals surface area (Å²) in [5.41, 5.74) is 1.40. The minimum absolute atomic E-state index is 0.0554. The van der Waals surface area contributed by atoms with Crippen LogP contribution in [-0.4, -0.2) is 27.8 Å². The molecule has 0 fully saturated rings. The molecule has 2 rings (SSSR count). The molecule has 0 saturated heterocycles. The van der Waals surface area contributed by atoms with Crippen LogP contribution in [0.3, 0.4) is 0 Å². The van der Waals surface area contributed by atoms with E-state index in [-0.39, 0.29) is 24.1 Å². The van der Waals surface area contributed by atoms with Gasteiger partial charge in [-0.3, -0.25) is 4.79 Å². The van der Waals surface area contributed by atoms with Crippen molar-refractivity contribution in [1.82, 2.24) is 0 Å². The number of carbonyl (C=O) groups is 1. The summed E-state index contributed by atoms with van der Waals surface area (Å²) in [6.07, 6.45) is 0. The van der Waals surface area contributed by atoms with Crippen molar-refractivity contribution in [3.63, 3.8) is 0 Å². The minimum atomic E-state index is -0.949. The number of aliphatic carboxylic acids is 1. The van der Waals surface area contributed by atoms with E-state index < -0.39 is 5.97 Å². The SMILES string of the molecule is CC(c1cc(O)cc(O)c1)N(CC(=O)O)c1ccccc1. The number of rotatable bonds is 5. The zero-order valence-corrected chi connectivity index (χ0v) is 11.6. The molecular weight excluding hydrogens is 270 g/mol. The quantitative estimate of drug-likeness (QED) is 0.788. The summed E-state index contributed by atoms with van der Waals surface area (Å²) in [4.78, 5) is 12.8. The molecule has 21 heavy (non-hydrogen) atoms. The third-order valence-corrected chi connectivity index (χ3v) is 3.27. The Morgan fingerprint density at radius 3 is 2.19 bits per heavy atom. The summed E-state index contributed by atoms with van der Waals surface area (Å²) in [6, 6.07) is 13.1. The Morgan fingerprint density at radius 2 is 1.67 bits per heavy atom. The van der Waals surface area contributed by atoms with Crippen molar-refractivity contribution >= 4 is 11.7 Å². The predicted molar refractivity (Wildman–Crippen MR) is 79.6 cm³/mol. The van der Waals surface area contributed by atoms with E-state index in [0.29, 0.717) is 5.56 Å². The Balaban J connectivity index is 2.38. The van der Waals surface area contributed by atoms with Crippen LogP contribution in [0.25, 0.3) is 0 Å². The highest BCUT2D eigenvalue weighted by Crippen LogP contribution is 2.31. The number of anilines is 1. The van der Waals surface area contributed by atoms with Gasteiger partial charge in [-0.15, -0.1) is 0 Å². The van der Waals surface area contributed by atoms with E-state index >= 15 is 0 Å². The molecule has 0 bridgehead atoms. The number of phenolic OH excluding ortho intramolecular Hbond substituents is 2. The van der Waals surface area contributed by atoms with Crippen molar-refractivity contribution in [2.24, 2.45) is 0 Å². The molecule has 1 atom stereocenters. The van der Waals surface area contributed by atoms with Crippen molar-refractivity contribution in [2.75, 3.05) is 11.4 Å². The topological polar surface area (TPSA) is 81.0 Å². The maximum Gasteiger partial charge on any atom is 0.323 e. The lowest BCUT2D eigenvalue weighted by atomic mass is 10.0. The number of benzene rings is 2. The third-order valence-electron chi connectivity index (χ3n) is 3.27. The summed E-state index contributed by atoms with van der Waals surface area (Å²) in [5.74, 6) is -1.06. The van der Waals surface area contributed by atoms with Crippen LogP contribution in [0.15, 0.2) is 48.5 Å². The second-order valence-corrected chi connectivity index (χ2v) is 4.82. The maximum absolute atomic E-state index is 11.1. The number of carboxylic acids is 1. The van der Waals surface area contributed by atoms with Crippen LogP contribution >= 0.6 is 0 Å². The van der Waals surface area contributed by atoms with Crippen LogP contribution in [-0.2, 0) is 4.79 Å². The van der Waals surface area contributed by atoms with Gasteiger partial charge < -0.3 is 20.2 Å². The molecular formula is C16H17NO4. The number of carboxylic acid groups (broad SMARTS) is 1. The number of aromatic hydroxyl groups is 2. The molecule has 0 heterocycles. The van der Waals surface area contributed by atoms with E-state index in [0.717, 1.165) is 5.69 Å². The second-order valence-electron chi connectivity index (χ2n) is 4.82. The molecule has 110 valence electrons. The molecule has 1 unspecified atom stereocenters. The first-order chi connectivity index (χ1) is 9.97. The molecule has 0 radical (unpaired) electrons. The molecule has 0 spiro atoms. The number of hydrogen-bond donors (Lipinski definition) is 3. The van der Waals surface area contributed by atoms with Gasteiger partial charge in [0, 0.05) is 11.8 Å². The lowest BCUT2D eigenvalue weighted by molar-refractivity contribution is -0.135. The van der Waals surface area contributed by atoms with Gasteiger partial charge in [0.05, 0.1) is 6.04 Å². The molecule has 2 aromatic rings. The molecule has 0 aromatic heterocycles. The van der Waals surface area contributed by atoms with Crippen molar-refractivity contribution < 1.29 is 20.1 Å². The summed E-state index contributed by atoms with van der Waals surface area (Å²) in [5, 5.41) is 28.3. The van der Waals surface area contributed by atoms with Crippen molar-refractivity contribution in [1.29, 1.82) is 0 Å². The van der Waals surface area contributed by atoms with Crippen LogP contribution in [0.5, 0.6) is 11.5 Å². The number of nitrogens with zero attached hydrogens (tertiary/aromatic N) is 1. The van der Waals surface area contributed by atoms with E-state index in [1.807, 2.05) is 37.3 Å². The standard InChI is InChI=1S/C16H17NO4/c1-11(12-7-14(18)9-15(19)8-12)17(10-16(20)21)13-5-3-2-4-6-13/h2-9,11,18-19H,10H2,1H3,(H,20,21). The Kier molecular flexibility index (Phi) is 4.33. The van der Waals surface area contributed by atoms with Crippen LogP contribution in [0.1, 0.15) is 18.5 Å². The molecule has 0 saturated carbocycles. The minimum Gasteiger partial charge on any atom is -0.508 e. The van der Waals surface area contributed by atoms with Crippen LogP contribution in [0.2, 0.25) is 0 Å².